The van der Waals surface area contributed by atoms with E-state index in [4.69, 9.17) is 9.84 Å². The van der Waals surface area contributed by atoms with E-state index in [0.29, 0.717) is 5.69 Å². The standard InChI is InChI=1S/C17H19NO3/c1-12-4-3-5-13(2)17(12)21-11-16(20)18-15-8-6-14(10-19)7-9-15/h3-9,19H,10-11H2,1-2H3,(H,18,20). The molecule has 21 heavy (non-hydrogen) atoms. The molecule has 0 aromatic heterocycles. The van der Waals surface area contributed by atoms with Gasteiger partial charge >= 0.3 is 0 Å². The summed E-state index contributed by atoms with van der Waals surface area (Å²) in [6.07, 6.45) is 0. The molecule has 0 saturated carbocycles. The first kappa shape index (κ1) is 15.1. The van der Waals surface area contributed by atoms with Gasteiger partial charge in [0.05, 0.1) is 6.61 Å². The average Bonchev–Trinajstić information content (AvgIpc) is 2.47. The first-order chi connectivity index (χ1) is 10.1. The average molecular weight is 285 g/mol. The number of aliphatic hydroxyl groups is 1. The maximum atomic E-state index is 11.9. The van der Waals surface area contributed by atoms with Crippen LogP contribution in [0, 0.1) is 13.8 Å². The van der Waals surface area contributed by atoms with Crippen molar-refractivity contribution in [1.29, 1.82) is 0 Å². The van der Waals surface area contributed by atoms with E-state index >= 15 is 0 Å². The number of hydrogen-bond acceptors (Lipinski definition) is 3. The van der Waals surface area contributed by atoms with Gasteiger partial charge in [-0.2, -0.15) is 0 Å². The molecule has 0 spiro atoms. The minimum absolute atomic E-state index is 0.0100. The lowest BCUT2D eigenvalue weighted by Gasteiger charge is -2.12. The fourth-order valence-corrected chi connectivity index (χ4v) is 2.06. The number of benzene rings is 2. The molecule has 0 aliphatic rings. The van der Waals surface area contributed by atoms with Crippen LogP contribution in [0.25, 0.3) is 0 Å². The summed E-state index contributed by atoms with van der Waals surface area (Å²) >= 11 is 0. The Bertz CT molecular complexity index is 600. The summed E-state index contributed by atoms with van der Waals surface area (Å²) < 4.78 is 5.59. The van der Waals surface area contributed by atoms with E-state index in [1.807, 2.05) is 32.0 Å². The van der Waals surface area contributed by atoms with Gasteiger partial charge in [-0.25, -0.2) is 0 Å². The van der Waals surface area contributed by atoms with Crippen LogP contribution in [-0.4, -0.2) is 17.6 Å². The first-order valence-electron chi connectivity index (χ1n) is 6.79. The molecule has 0 unspecified atom stereocenters. The van der Waals surface area contributed by atoms with Gasteiger partial charge in [0.1, 0.15) is 5.75 Å². The highest BCUT2D eigenvalue weighted by molar-refractivity contribution is 5.91. The second-order valence-corrected chi connectivity index (χ2v) is 4.91. The van der Waals surface area contributed by atoms with E-state index in [-0.39, 0.29) is 19.1 Å². The van der Waals surface area contributed by atoms with Crippen molar-refractivity contribution >= 4 is 11.6 Å². The predicted octanol–water partition coefficient (Wildman–Crippen LogP) is 2.81. The Labute approximate surface area is 124 Å². The Balaban J connectivity index is 1.92. The summed E-state index contributed by atoms with van der Waals surface area (Å²) in [5, 5.41) is 11.7. The Kier molecular flexibility index (Phi) is 4.95. The maximum absolute atomic E-state index is 11.9. The molecule has 1 amide bonds. The minimum atomic E-state index is -0.214. The van der Waals surface area contributed by atoms with Crippen LogP contribution in [0.5, 0.6) is 5.75 Å². The Morgan fingerprint density at radius 3 is 2.29 bits per heavy atom. The van der Waals surface area contributed by atoms with Crippen LogP contribution < -0.4 is 10.1 Å². The van der Waals surface area contributed by atoms with Gasteiger partial charge in [0, 0.05) is 5.69 Å². The molecule has 0 bridgehead atoms. The molecular weight excluding hydrogens is 266 g/mol. The van der Waals surface area contributed by atoms with Crippen LogP contribution in [0.4, 0.5) is 5.69 Å². The third-order valence-electron chi connectivity index (χ3n) is 3.18. The van der Waals surface area contributed by atoms with Crippen LogP contribution >= 0.6 is 0 Å². The molecule has 0 aliphatic carbocycles. The highest BCUT2D eigenvalue weighted by Crippen LogP contribution is 2.22. The molecule has 2 aromatic carbocycles. The van der Waals surface area contributed by atoms with Gasteiger partial charge in [0.2, 0.25) is 0 Å². The third-order valence-corrected chi connectivity index (χ3v) is 3.18. The molecule has 0 radical (unpaired) electrons. The normalized spacial score (nSPS) is 10.2. The van der Waals surface area contributed by atoms with Gasteiger partial charge < -0.3 is 15.2 Å². The van der Waals surface area contributed by atoms with Crippen molar-refractivity contribution in [3.8, 4) is 5.75 Å². The second-order valence-electron chi connectivity index (χ2n) is 4.91. The lowest BCUT2D eigenvalue weighted by molar-refractivity contribution is -0.118. The van der Waals surface area contributed by atoms with Crippen LogP contribution in [0.3, 0.4) is 0 Å². The number of amides is 1. The van der Waals surface area contributed by atoms with Gasteiger partial charge in [-0.05, 0) is 42.7 Å². The van der Waals surface area contributed by atoms with E-state index in [1.54, 1.807) is 24.3 Å². The van der Waals surface area contributed by atoms with Crippen LogP contribution in [0.2, 0.25) is 0 Å². The molecule has 4 nitrogen and oxygen atoms in total. The SMILES string of the molecule is Cc1cccc(C)c1OCC(=O)Nc1ccc(CO)cc1. The molecule has 0 saturated heterocycles. The topological polar surface area (TPSA) is 58.6 Å². The van der Waals surface area contributed by atoms with Gasteiger partial charge in [-0.3, -0.25) is 4.79 Å². The number of para-hydroxylation sites is 1. The van der Waals surface area contributed by atoms with Crippen molar-refractivity contribution < 1.29 is 14.6 Å². The molecule has 110 valence electrons. The molecule has 4 heteroatoms. The number of carbonyl (C=O) groups excluding carboxylic acids is 1. The molecule has 0 aliphatic heterocycles. The van der Waals surface area contributed by atoms with E-state index in [9.17, 15) is 4.79 Å². The monoisotopic (exact) mass is 285 g/mol. The van der Waals surface area contributed by atoms with E-state index < -0.39 is 0 Å². The largest absolute Gasteiger partial charge is 0.483 e. The zero-order valence-electron chi connectivity index (χ0n) is 12.2. The van der Waals surface area contributed by atoms with E-state index in [1.165, 1.54) is 0 Å². The fourth-order valence-electron chi connectivity index (χ4n) is 2.06. The zero-order chi connectivity index (χ0) is 15.2. The highest BCUT2D eigenvalue weighted by atomic mass is 16.5. The molecule has 2 N–H and O–H groups in total. The summed E-state index contributed by atoms with van der Waals surface area (Å²) in [6.45, 7) is 3.86. The molecule has 2 aromatic rings. The summed E-state index contributed by atoms with van der Waals surface area (Å²) in [4.78, 5) is 11.9. The maximum Gasteiger partial charge on any atom is 0.262 e. The number of anilines is 1. The van der Waals surface area contributed by atoms with Gasteiger partial charge in [0.25, 0.3) is 5.91 Å². The fraction of sp³-hybridized carbons (Fsp3) is 0.235. The Morgan fingerprint density at radius 1 is 1.10 bits per heavy atom. The summed E-state index contributed by atoms with van der Waals surface area (Å²) in [6, 6.07) is 12.9. The van der Waals surface area contributed by atoms with E-state index in [0.717, 1.165) is 22.4 Å². The number of carbonyl (C=O) groups is 1. The van der Waals surface area contributed by atoms with Crippen LogP contribution in [0.1, 0.15) is 16.7 Å². The van der Waals surface area contributed by atoms with Gasteiger partial charge in [0.15, 0.2) is 6.61 Å². The molecule has 2 rings (SSSR count). The summed E-state index contributed by atoms with van der Waals surface area (Å²) in [7, 11) is 0. The number of ether oxygens (including phenoxy) is 1. The third kappa shape index (κ3) is 4.07. The lowest BCUT2D eigenvalue weighted by atomic mass is 10.1. The number of aryl methyl sites for hydroxylation is 2. The molecular formula is C17H19NO3. The molecule has 0 atom stereocenters. The minimum Gasteiger partial charge on any atom is -0.483 e. The molecule has 0 fully saturated rings. The van der Waals surface area contributed by atoms with Crippen molar-refractivity contribution in [2.24, 2.45) is 0 Å². The van der Waals surface area contributed by atoms with Gasteiger partial charge in [-0.15, -0.1) is 0 Å². The highest BCUT2D eigenvalue weighted by Gasteiger charge is 2.07. The number of hydrogen-bond donors (Lipinski definition) is 2. The van der Waals surface area contributed by atoms with Crippen LogP contribution in [0.15, 0.2) is 42.5 Å². The summed E-state index contributed by atoms with van der Waals surface area (Å²) in [5.41, 5.74) is 3.51. The summed E-state index contributed by atoms with van der Waals surface area (Å²) in [5.74, 6) is 0.540. The van der Waals surface area contributed by atoms with Crippen LogP contribution in [-0.2, 0) is 11.4 Å². The molecule has 0 heterocycles. The number of rotatable bonds is 5. The smallest absolute Gasteiger partial charge is 0.262 e. The van der Waals surface area contributed by atoms with Crippen molar-refractivity contribution in [3.63, 3.8) is 0 Å². The number of nitrogens with one attached hydrogen (secondary N) is 1. The van der Waals surface area contributed by atoms with Crippen molar-refractivity contribution in [2.75, 3.05) is 11.9 Å². The quantitative estimate of drug-likeness (QED) is 0.888. The zero-order valence-corrected chi connectivity index (χ0v) is 12.2. The van der Waals surface area contributed by atoms with Crippen molar-refractivity contribution in [3.05, 3.63) is 59.2 Å². The van der Waals surface area contributed by atoms with Crippen molar-refractivity contribution in [1.82, 2.24) is 0 Å². The van der Waals surface area contributed by atoms with Gasteiger partial charge in [-0.1, -0.05) is 30.3 Å². The predicted molar refractivity (Wildman–Crippen MR) is 82.4 cm³/mol. The second kappa shape index (κ2) is 6.90. The van der Waals surface area contributed by atoms with Crippen molar-refractivity contribution in [2.45, 2.75) is 20.5 Å². The van der Waals surface area contributed by atoms with E-state index in [2.05, 4.69) is 5.32 Å². The lowest BCUT2D eigenvalue weighted by Crippen LogP contribution is -2.20. The first-order valence-corrected chi connectivity index (χ1v) is 6.79. The number of aliphatic hydroxyl groups excluding tert-OH is 1. The Morgan fingerprint density at radius 2 is 1.71 bits per heavy atom. The Hall–Kier alpha value is -2.33.